The number of hydrogen-bond donors (Lipinski definition) is 10. The fraction of sp³-hybridized carbons (Fsp3) is 0.429. The zero-order valence-electron chi connectivity index (χ0n) is 23.3. The number of hydrogen-bond acceptors (Lipinski definition) is 10. The zero-order chi connectivity index (χ0) is 33.6. The maximum Gasteiger partial charge on any atom is 0.340 e. The minimum atomic E-state index is -2.12. The number of aliphatic carboxylic acids is 2. The molecule has 240 valence electrons. The van der Waals surface area contributed by atoms with E-state index in [9.17, 15) is 69.6 Å². The fourth-order valence-electron chi connectivity index (χ4n) is 5.38. The SMILES string of the molecule is CC(CC(=O)O)C(CO)CCc1c(CCCC(O)CC(=O)O)c(O)c2c(C(=O)O)c(C(=O)O)c(C(=O)O)c(O)c2c1C(=O)O. The molecule has 0 radical (unpaired) electrons. The van der Waals surface area contributed by atoms with Crippen LogP contribution in [-0.4, -0.2) is 99.6 Å². The lowest BCUT2D eigenvalue weighted by atomic mass is 9.80. The van der Waals surface area contributed by atoms with E-state index in [0.717, 1.165) is 0 Å². The molecule has 16 nitrogen and oxygen atoms in total. The molecule has 0 spiro atoms. The van der Waals surface area contributed by atoms with E-state index in [1.54, 1.807) is 0 Å². The van der Waals surface area contributed by atoms with Gasteiger partial charge in [-0.1, -0.05) is 6.92 Å². The van der Waals surface area contributed by atoms with Crippen LogP contribution in [0, 0.1) is 11.8 Å². The Hall–Kier alpha value is -4.96. The Labute approximate surface area is 248 Å². The Morgan fingerprint density at radius 3 is 1.57 bits per heavy atom. The van der Waals surface area contributed by atoms with Gasteiger partial charge in [-0.25, -0.2) is 19.2 Å². The molecule has 16 heteroatoms. The number of benzene rings is 2. The fourth-order valence-corrected chi connectivity index (χ4v) is 5.38. The largest absolute Gasteiger partial charge is 0.507 e. The quantitative estimate of drug-likeness (QED) is 0.120. The third-order valence-corrected chi connectivity index (χ3v) is 7.44. The molecule has 0 aromatic heterocycles. The standard InChI is InChI=1S/C28H32O16/c1-10(7-15(31)32)11(9-29)5-6-13-14(4-2-3-12(30)8-16(33)34)23(35)19-18(17(13)25(37)38)24(36)22(28(43)44)21(27(41)42)20(19)26(39)40/h10-12,29-30,35-36H,2-9H2,1H3,(H,31,32)(H,33,34)(H,37,38)(H,39,40)(H,41,42)(H,43,44). The molecule has 0 saturated heterocycles. The van der Waals surface area contributed by atoms with Crippen LogP contribution in [0.1, 0.15) is 91.6 Å². The summed E-state index contributed by atoms with van der Waals surface area (Å²) in [5, 5.41) is 97.9. The second-order valence-corrected chi connectivity index (χ2v) is 10.3. The van der Waals surface area contributed by atoms with Crippen molar-refractivity contribution >= 4 is 46.6 Å². The van der Waals surface area contributed by atoms with E-state index in [2.05, 4.69) is 0 Å². The number of rotatable bonds is 17. The molecule has 0 amide bonds. The average molecular weight is 625 g/mol. The number of phenolic OH excluding ortho intramolecular Hbond substituents is 1. The number of carbonyl (C=O) groups is 6. The van der Waals surface area contributed by atoms with Crippen LogP contribution in [-0.2, 0) is 22.4 Å². The molecule has 2 rings (SSSR count). The highest BCUT2D eigenvalue weighted by Gasteiger charge is 2.37. The molecule has 2 aromatic rings. The summed E-state index contributed by atoms with van der Waals surface area (Å²) in [5.41, 5.74) is -5.60. The number of aliphatic hydroxyl groups excluding tert-OH is 2. The molecule has 0 heterocycles. The van der Waals surface area contributed by atoms with Gasteiger partial charge in [0.25, 0.3) is 0 Å². The van der Waals surface area contributed by atoms with Gasteiger partial charge in [0, 0.05) is 23.8 Å². The molecule has 0 aliphatic heterocycles. The normalized spacial score (nSPS) is 13.2. The van der Waals surface area contributed by atoms with Crippen LogP contribution in [0.5, 0.6) is 11.5 Å². The molecule has 0 aliphatic rings. The zero-order valence-corrected chi connectivity index (χ0v) is 23.3. The van der Waals surface area contributed by atoms with E-state index in [1.807, 2.05) is 0 Å². The first-order valence-electron chi connectivity index (χ1n) is 13.2. The van der Waals surface area contributed by atoms with E-state index in [-0.39, 0.29) is 49.7 Å². The molecule has 10 N–H and O–H groups in total. The van der Waals surface area contributed by atoms with Crippen molar-refractivity contribution in [3.63, 3.8) is 0 Å². The van der Waals surface area contributed by atoms with Crippen molar-refractivity contribution < 1.29 is 79.8 Å². The Morgan fingerprint density at radius 2 is 1.11 bits per heavy atom. The van der Waals surface area contributed by atoms with Crippen molar-refractivity contribution in [3.8, 4) is 11.5 Å². The average Bonchev–Trinajstić information content (AvgIpc) is 2.88. The highest BCUT2D eigenvalue weighted by Crippen LogP contribution is 2.46. The summed E-state index contributed by atoms with van der Waals surface area (Å²) in [6, 6.07) is 0. The van der Waals surface area contributed by atoms with Crippen molar-refractivity contribution in [2.24, 2.45) is 11.8 Å². The number of fused-ring (bicyclic) bond motifs is 1. The molecule has 44 heavy (non-hydrogen) atoms. The van der Waals surface area contributed by atoms with Gasteiger partial charge < -0.3 is 51.1 Å². The van der Waals surface area contributed by atoms with Gasteiger partial charge in [-0.2, -0.15) is 0 Å². The van der Waals surface area contributed by atoms with Crippen LogP contribution in [0.15, 0.2) is 0 Å². The Morgan fingerprint density at radius 1 is 0.614 bits per heavy atom. The lowest BCUT2D eigenvalue weighted by Gasteiger charge is -2.24. The number of carboxylic acids is 6. The lowest BCUT2D eigenvalue weighted by molar-refractivity contribution is -0.140. The van der Waals surface area contributed by atoms with Crippen molar-refractivity contribution in [2.75, 3.05) is 6.61 Å². The Bertz CT molecular complexity index is 1510. The Kier molecular flexibility index (Phi) is 11.6. The van der Waals surface area contributed by atoms with Crippen molar-refractivity contribution in [1.82, 2.24) is 0 Å². The summed E-state index contributed by atoms with van der Waals surface area (Å²) in [6.07, 6.45) is -3.42. The van der Waals surface area contributed by atoms with E-state index in [0.29, 0.717) is 0 Å². The molecular weight excluding hydrogens is 592 g/mol. The van der Waals surface area contributed by atoms with Gasteiger partial charge in [0.1, 0.15) is 17.1 Å². The number of aromatic carboxylic acids is 4. The number of aliphatic hydroxyl groups is 2. The smallest absolute Gasteiger partial charge is 0.340 e. The van der Waals surface area contributed by atoms with Gasteiger partial charge in [-0.3, -0.25) is 9.59 Å². The van der Waals surface area contributed by atoms with E-state index < -0.39 is 111 Å². The van der Waals surface area contributed by atoms with E-state index >= 15 is 0 Å². The van der Waals surface area contributed by atoms with Crippen LogP contribution in [0.25, 0.3) is 10.8 Å². The van der Waals surface area contributed by atoms with Crippen molar-refractivity contribution in [2.45, 2.75) is 58.0 Å². The van der Waals surface area contributed by atoms with Crippen LogP contribution in [0.3, 0.4) is 0 Å². The maximum atomic E-state index is 12.7. The molecule has 0 fully saturated rings. The summed E-state index contributed by atoms with van der Waals surface area (Å²) in [6.45, 7) is 0.986. The molecule has 3 atom stereocenters. The first-order valence-corrected chi connectivity index (χ1v) is 13.2. The second kappa shape index (κ2) is 14.5. The van der Waals surface area contributed by atoms with Gasteiger partial charge in [-0.05, 0) is 55.1 Å². The lowest BCUT2D eigenvalue weighted by Crippen LogP contribution is -2.21. The van der Waals surface area contributed by atoms with Crippen LogP contribution in [0.2, 0.25) is 0 Å². The van der Waals surface area contributed by atoms with Crippen molar-refractivity contribution in [1.29, 1.82) is 0 Å². The van der Waals surface area contributed by atoms with Gasteiger partial charge in [-0.15, -0.1) is 0 Å². The number of phenols is 2. The van der Waals surface area contributed by atoms with Gasteiger partial charge in [0.05, 0.1) is 29.2 Å². The van der Waals surface area contributed by atoms with Gasteiger partial charge in [0.15, 0.2) is 0 Å². The topological polar surface area (TPSA) is 305 Å². The van der Waals surface area contributed by atoms with Crippen LogP contribution in [0.4, 0.5) is 0 Å². The van der Waals surface area contributed by atoms with E-state index in [4.69, 9.17) is 10.2 Å². The summed E-state index contributed by atoms with van der Waals surface area (Å²) in [4.78, 5) is 71.2. The first-order chi connectivity index (χ1) is 20.5. The van der Waals surface area contributed by atoms with Crippen molar-refractivity contribution in [3.05, 3.63) is 33.4 Å². The number of aromatic hydroxyl groups is 2. The second-order valence-electron chi connectivity index (χ2n) is 10.3. The molecule has 2 aromatic carbocycles. The molecule has 0 aliphatic carbocycles. The summed E-state index contributed by atoms with van der Waals surface area (Å²) < 4.78 is 0. The summed E-state index contributed by atoms with van der Waals surface area (Å²) in [7, 11) is 0. The van der Waals surface area contributed by atoms with Crippen LogP contribution < -0.4 is 0 Å². The third kappa shape index (κ3) is 7.51. The predicted molar refractivity (Wildman–Crippen MR) is 147 cm³/mol. The Balaban J connectivity index is 3.03. The van der Waals surface area contributed by atoms with Gasteiger partial charge >= 0.3 is 35.8 Å². The molecule has 0 saturated carbocycles. The highest BCUT2D eigenvalue weighted by atomic mass is 16.4. The minimum absolute atomic E-state index is 0.101. The minimum Gasteiger partial charge on any atom is -0.507 e. The number of carboxylic acid groups (broad SMARTS) is 6. The predicted octanol–water partition coefficient (Wildman–Crippen LogP) is 1.85. The highest BCUT2D eigenvalue weighted by molar-refractivity contribution is 6.24. The monoisotopic (exact) mass is 624 g/mol. The summed E-state index contributed by atoms with van der Waals surface area (Å²) in [5.74, 6) is -14.4. The molecule has 0 bridgehead atoms. The third-order valence-electron chi connectivity index (χ3n) is 7.44. The molecular formula is C28H32O16. The molecule has 3 unspecified atom stereocenters. The van der Waals surface area contributed by atoms with Gasteiger partial charge in [0.2, 0.25) is 0 Å². The summed E-state index contributed by atoms with van der Waals surface area (Å²) >= 11 is 0. The maximum absolute atomic E-state index is 12.7. The van der Waals surface area contributed by atoms with Crippen LogP contribution >= 0.6 is 0 Å². The van der Waals surface area contributed by atoms with E-state index in [1.165, 1.54) is 6.92 Å². The first kappa shape index (κ1) is 35.2.